The van der Waals surface area contributed by atoms with Gasteiger partial charge in [0.05, 0.1) is 22.0 Å². The largest absolute Gasteiger partial charge is 0.481 e. The van der Waals surface area contributed by atoms with E-state index in [0.717, 1.165) is 15.4 Å². The molecule has 1 atom stereocenters. The predicted octanol–water partition coefficient (Wildman–Crippen LogP) is 4.01. The molecule has 100 valence electrons. The Hall–Kier alpha value is -1.20. The maximum Gasteiger partial charge on any atom is 0.308 e. The number of hydrogen-bond acceptors (Lipinski definition) is 4. The van der Waals surface area contributed by atoms with Gasteiger partial charge in [-0.3, -0.25) is 4.79 Å². The summed E-state index contributed by atoms with van der Waals surface area (Å²) >= 11 is 3.24. The lowest BCUT2D eigenvalue weighted by Gasteiger charge is -1.97. The molecule has 2 aromatic rings. The van der Waals surface area contributed by atoms with Crippen molar-refractivity contribution < 1.29 is 9.90 Å². The number of thiazole rings is 1. The highest BCUT2D eigenvalue weighted by molar-refractivity contribution is 7.16. The van der Waals surface area contributed by atoms with Gasteiger partial charge in [-0.05, 0) is 24.0 Å². The zero-order valence-electron chi connectivity index (χ0n) is 10.8. The zero-order chi connectivity index (χ0) is 13.6. The molecule has 1 fully saturated rings. The first-order chi connectivity index (χ1) is 8.95. The van der Waals surface area contributed by atoms with E-state index in [-0.39, 0.29) is 6.42 Å². The van der Waals surface area contributed by atoms with Gasteiger partial charge < -0.3 is 5.11 Å². The fraction of sp³-hybridized carbons (Fsp3) is 0.429. The summed E-state index contributed by atoms with van der Waals surface area (Å²) < 4.78 is 0. The molecule has 0 saturated heterocycles. The summed E-state index contributed by atoms with van der Waals surface area (Å²) in [5.74, 6) is -0.184. The minimum atomic E-state index is -0.785. The van der Waals surface area contributed by atoms with Gasteiger partial charge in [-0.15, -0.1) is 22.7 Å². The van der Waals surface area contributed by atoms with Crippen LogP contribution in [0.25, 0.3) is 10.6 Å². The molecule has 0 aromatic carbocycles. The Kier molecular flexibility index (Phi) is 2.98. The second-order valence-electron chi connectivity index (χ2n) is 5.65. The lowest BCUT2D eigenvalue weighted by molar-refractivity contribution is -0.136. The van der Waals surface area contributed by atoms with Gasteiger partial charge in [0.1, 0.15) is 0 Å². The number of thiophene rings is 1. The van der Waals surface area contributed by atoms with Crippen molar-refractivity contribution in [3.63, 3.8) is 0 Å². The topological polar surface area (TPSA) is 50.2 Å². The lowest BCUT2D eigenvalue weighted by atomic mass is 10.1. The van der Waals surface area contributed by atoms with Gasteiger partial charge in [0.25, 0.3) is 0 Å². The molecule has 5 heteroatoms. The van der Waals surface area contributed by atoms with Gasteiger partial charge in [0.15, 0.2) is 0 Å². The lowest BCUT2D eigenvalue weighted by Crippen LogP contribution is -1.96. The molecule has 1 aliphatic rings. The first-order valence-corrected chi connectivity index (χ1v) is 7.91. The number of carboxylic acids is 1. The highest BCUT2D eigenvalue weighted by Crippen LogP contribution is 2.59. The van der Waals surface area contributed by atoms with Crippen molar-refractivity contribution in [2.24, 2.45) is 5.41 Å². The van der Waals surface area contributed by atoms with Gasteiger partial charge in [0.2, 0.25) is 0 Å². The van der Waals surface area contributed by atoms with Gasteiger partial charge in [-0.1, -0.05) is 13.8 Å². The molecule has 2 heterocycles. The summed E-state index contributed by atoms with van der Waals surface area (Å²) in [6.45, 7) is 4.55. The van der Waals surface area contributed by atoms with Crippen LogP contribution in [0.15, 0.2) is 17.5 Å². The Morgan fingerprint density at radius 2 is 2.26 bits per heavy atom. The van der Waals surface area contributed by atoms with Crippen LogP contribution in [0.5, 0.6) is 0 Å². The van der Waals surface area contributed by atoms with Crippen LogP contribution in [0.3, 0.4) is 0 Å². The third-order valence-electron chi connectivity index (χ3n) is 3.57. The van der Waals surface area contributed by atoms with Gasteiger partial charge in [-0.2, -0.15) is 0 Å². The number of aromatic nitrogens is 1. The highest BCUT2D eigenvalue weighted by atomic mass is 32.1. The SMILES string of the molecule is CC1(C)CC1c1nc(-c2ccc(CC(=O)O)s2)cs1. The summed E-state index contributed by atoms with van der Waals surface area (Å²) in [7, 11) is 0. The van der Waals surface area contributed by atoms with Crippen LogP contribution >= 0.6 is 22.7 Å². The van der Waals surface area contributed by atoms with Crippen molar-refractivity contribution >= 4 is 28.6 Å². The molecule has 2 aromatic heterocycles. The minimum absolute atomic E-state index is 0.0946. The first-order valence-electron chi connectivity index (χ1n) is 6.22. The van der Waals surface area contributed by atoms with Crippen molar-refractivity contribution in [1.82, 2.24) is 4.98 Å². The number of nitrogens with zero attached hydrogens (tertiary/aromatic N) is 1. The second-order valence-corrected chi connectivity index (χ2v) is 7.71. The van der Waals surface area contributed by atoms with Crippen molar-refractivity contribution in [2.75, 3.05) is 0 Å². The number of carbonyl (C=O) groups is 1. The van der Waals surface area contributed by atoms with E-state index in [1.807, 2.05) is 12.1 Å². The average Bonchev–Trinajstić information content (AvgIpc) is 2.76. The molecule has 0 bridgehead atoms. The monoisotopic (exact) mass is 293 g/mol. The van der Waals surface area contributed by atoms with E-state index in [2.05, 4.69) is 19.2 Å². The molecule has 3 rings (SSSR count). The number of carboxylic acid groups (broad SMARTS) is 1. The Labute approximate surface area is 119 Å². The van der Waals surface area contributed by atoms with E-state index < -0.39 is 5.97 Å². The van der Waals surface area contributed by atoms with Crippen LogP contribution < -0.4 is 0 Å². The van der Waals surface area contributed by atoms with E-state index >= 15 is 0 Å². The zero-order valence-corrected chi connectivity index (χ0v) is 12.5. The molecule has 19 heavy (non-hydrogen) atoms. The summed E-state index contributed by atoms with van der Waals surface area (Å²) in [4.78, 5) is 17.3. The predicted molar refractivity (Wildman–Crippen MR) is 77.9 cm³/mol. The molecule has 3 nitrogen and oxygen atoms in total. The molecule has 0 radical (unpaired) electrons. The third-order valence-corrected chi connectivity index (χ3v) is 5.64. The van der Waals surface area contributed by atoms with Gasteiger partial charge in [0, 0.05) is 16.2 Å². The summed E-state index contributed by atoms with van der Waals surface area (Å²) in [5, 5.41) is 12.1. The second kappa shape index (κ2) is 4.42. The fourth-order valence-electron chi connectivity index (χ4n) is 2.21. The van der Waals surface area contributed by atoms with Crippen LogP contribution in [-0.4, -0.2) is 16.1 Å². The smallest absolute Gasteiger partial charge is 0.308 e. The quantitative estimate of drug-likeness (QED) is 0.926. The standard InChI is InChI=1S/C14H15NO2S2/c1-14(2)6-9(14)13-15-10(7-18-13)11-4-3-8(19-11)5-12(16)17/h3-4,7,9H,5-6H2,1-2H3,(H,16,17). The van der Waals surface area contributed by atoms with Crippen molar-refractivity contribution in [1.29, 1.82) is 0 Å². The molecule has 0 amide bonds. The summed E-state index contributed by atoms with van der Waals surface area (Å²) in [5.41, 5.74) is 1.39. The van der Waals surface area contributed by atoms with E-state index in [9.17, 15) is 4.79 Å². The van der Waals surface area contributed by atoms with E-state index in [1.54, 1.807) is 11.3 Å². The highest BCUT2D eigenvalue weighted by Gasteiger charge is 2.48. The molecular weight excluding hydrogens is 278 g/mol. The Balaban J connectivity index is 1.79. The maximum absolute atomic E-state index is 10.7. The van der Waals surface area contributed by atoms with Gasteiger partial charge >= 0.3 is 5.97 Å². The van der Waals surface area contributed by atoms with Crippen LogP contribution in [0.1, 0.15) is 36.1 Å². The maximum atomic E-state index is 10.7. The average molecular weight is 293 g/mol. The Morgan fingerprint density at radius 3 is 2.89 bits per heavy atom. The molecule has 1 unspecified atom stereocenters. The summed E-state index contributed by atoms with van der Waals surface area (Å²) in [6, 6.07) is 3.86. The van der Waals surface area contributed by atoms with Crippen LogP contribution in [0, 0.1) is 5.41 Å². The molecule has 1 N–H and O–H groups in total. The number of hydrogen-bond donors (Lipinski definition) is 1. The molecular formula is C14H15NO2S2. The van der Waals surface area contributed by atoms with E-state index in [4.69, 9.17) is 10.1 Å². The van der Waals surface area contributed by atoms with E-state index in [1.165, 1.54) is 22.8 Å². The fourth-order valence-corrected chi connectivity index (χ4v) is 4.37. The van der Waals surface area contributed by atoms with Crippen LogP contribution in [0.4, 0.5) is 0 Å². The molecule has 1 aliphatic carbocycles. The minimum Gasteiger partial charge on any atom is -0.481 e. The van der Waals surface area contributed by atoms with Crippen molar-refractivity contribution in [2.45, 2.75) is 32.6 Å². The van der Waals surface area contributed by atoms with Crippen molar-refractivity contribution in [3.05, 3.63) is 27.4 Å². The number of aliphatic carboxylic acids is 1. The molecule has 1 saturated carbocycles. The first kappa shape index (κ1) is 12.8. The normalized spacial score (nSPS) is 20.4. The van der Waals surface area contributed by atoms with Crippen LogP contribution in [-0.2, 0) is 11.2 Å². The number of rotatable bonds is 4. The van der Waals surface area contributed by atoms with E-state index in [0.29, 0.717) is 11.3 Å². The summed E-state index contributed by atoms with van der Waals surface area (Å²) in [6.07, 6.45) is 1.31. The molecule has 0 aliphatic heterocycles. The van der Waals surface area contributed by atoms with Crippen molar-refractivity contribution in [3.8, 4) is 10.6 Å². The van der Waals surface area contributed by atoms with Gasteiger partial charge in [-0.25, -0.2) is 4.98 Å². The Morgan fingerprint density at radius 1 is 1.53 bits per heavy atom. The van der Waals surface area contributed by atoms with Crippen LogP contribution in [0.2, 0.25) is 0 Å². The Bertz CT molecular complexity index is 627. The molecule has 0 spiro atoms. The third kappa shape index (κ3) is 2.58.